The number of ether oxygens (including phenoxy) is 1. The van der Waals surface area contributed by atoms with Gasteiger partial charge in [0, 0.05) is 19.4 Å². The van der Waals surface area contributed by atoms with Crippen LogP contribution in [0.5, 0.6) is 0 Å². The molecule has 80 valence electrons. The topological polar surface area (TPSA) is 46.5 Å². The zero-order chi connectivity index (χ0) is 11.3. The molecular weight excluding hydrogens is 192 g/mol. The maximum atomic E-state index is 10.9. The molecule has 1 rings (SSSR count). The minimum absolute atomic E-state index is 0.257. The van der Waals surface area contributed by atoms with Gasteiger partial charge < -0.3 is 9.84 Å². The largest absolute Gasteiger partial charge is 0.430 e. The highest BCUT2D eigenvalue weighted by atomic mass is 16.7. The van der Waals surface area contributed by atoms with E-state index < -0.39 is 11.8 Å². The fourth-order valence-corrected chi connectivity index (χ4v) is 1.27. The van der Waals surface area contributed by atoms with Crippen molar-refractivity contribution >= 4 is 5.97 Å². The zero-order valence-electron chi connectivity index (χ0n) is 8.64. The quantitative estimate of drug-likeness (QED) is 0.463. The van der Waals surface area contributed by atoms with Gasteiger partial charge in [-0.2, -0.15) is 0 Å². The molecule has 1 atom stereocenters. The van der Waals surface area contributed by atoms with Crippen molar-refractivity contribution in [2.75, 3.05) is 0 Å². The Morgan fingerprint density at radius 2 is 2.13 bits per heavy atom. The van der Waals surface area contributed by atoms with Crippen molar-refractivity contribution in [2.45, 2.75) is 19.1 Å². The van der Waals surface area contributed by atoms with Crippen LogP contribution < -0.4 is 0 Å². The number of esters is 1. The molecule has 1 aromatic carbocycles. The number of aliphatic hydroxyl groups is 1. The van der Waals surface area contributed by atoms with Crippen molar-refractivity contribution in [3.8, 4) is 0 Å². The van der Waals surface area contributed by atoms with Gasteiger partial charge in [-0.05, 0) is 5.56 Å². The van der Waals surface area contributed by atoms with E-state index in [4.69, 9.17) is 4.74 Å². The lowest BCUT2D eigenvalue weighted by Gasteiger charge is -2.22. The maximum Gasteiger partial charge on any atom is 0.332 e. The van der Waals surface area contributed by atoms with Gasteiger partial charge in [0.15, 0.2) is 0 Å². The number of carbonyl (C=O) groups excluding carboxylic acids is 1. The molecule has 3 heteroatoms. The van der Waals surface area contributed by atoms with Gasteiger partial charge in [0.25, 0.3) is 0 Å². The number of hydrogen-bond donors (Lipinski definition) is 1. The Balaban J connectivity index is 2.64. The Labute approximate surface area is 89.0 Å². The van der Waals surface area contributed by atoms with E-state index in [-0.39, 0.29) is 6.42 Å². The Hall–Kier alpha value is -1.61. The minimum Gasteiger partial charge on any atom is -0.430 e. The van der Waals surface area contributed by atoms with Crippen LogP contribution in [0, 0.1) is 0 Å². The molecule has 0 aliphatic carbocycles. The molecule has 0 fully saturated rings. The van der Waals surface area contributed by atoms with Gasteiger partial charge in [0.1, 0.15) is 0 Å². The molecule has 3 nitrogen and oxygen atoms in total. The standard InChI is InChI=1S/C12H14O3/c1-3-11(13)15-12(2,14)9-10-7-5-4-6-8-10/h3-8,14H,1,9H2,2H3. The molecule has 0 saturated heterocycles. The van der Waals surface area contributed by atoms with Crippen LogP contribution in [0.1, 0.15) is 12.5 Å². The van der Waals surface area contributed by atoms with Gasteiger partial charge in [-0.3, -0.25) is 0 Å². The van der Waals surface area contributed by atoms with Crippen LogP contribution in [0.2, 0.25) is 0 Å². The number of benzene rings is 1. The minimum atomic E-state index is -1.49. The molecule has 0 aliphatic heterocycles. The van der Waals surface area contributed by atoms with E-state index in [1.807, 2.05) is 30.3 Å². The van der Waals surface area contributed by atoms with Gasteiger partial charge in [-0.25, -0.2) is 4.79 Å². The SMILES string of the molecule is C=CC(=O)OC(C)(O)Cc1ccccc1. The summed E-state index contributed by atoms with van der Waals surface area (Å²) in [5.41, 5.74) is 0.902. The highest BCUT2D eigenvalue weighted by Crippen LogP contribution is 2.14. The molecule has 0 radical (unpaired) electrons. The Bertz CT molecular complexity index is 341. The van der Waals surface area contributed by atoms with Gasteiger partial charge in [0.05, 0.1) is 0 Å². The summed E-state index contributed by atoms with van der Waals surface area (Å²) >= 11 is 0. The summed E-state index contributed by atoms with van der Waals surface area (Å²) < 4.78 is 4.79. The summed E-state index contributed by atoms with van der Waals surface area (Å²) in [7, 11) is 0. The van der Waals surface area contributed by atoms with Crippen molar-refractivity contribution in [3.05, 3.63) is 48.6 Å². The first-order chi connectivity index (χ1) is 7.03. The van der Waals surface area contributed by atoms with Crippen LogP contribution in [-0.4, -0.2) is 16.9 Å². The number of rotatable bonds is 4. The summed E-state index contributed by atoms with van der Waals surface area (Å²) in [6, 6.07) is 9.32. The highest BCUT2D eigenvalue weighted by molar-refractivity contribution is 5.81. The first kappa shape index (κ1) is 11.5. The van der Waals surface area contributed by atoms with Gasteiger partial charge >= 0.3 is 5.97 Å². The van der Waals surface area contributed by atoms with Crippen LogP contribution in [0.25, 0.3) is 0 Å². The van der Waals surface area contributed by atoms with E-state index in [0.717, 1.165) is 11.6 Å². The Morgan fingerprint density at radius 1 is 1.53 bits per heavy atom. The van der Waals surface area contributed by atoms with E-state index >= 15 is 0 Å². The number of carbonyl (C=O) groups is 1. The summed E-state index contributed by atoms with van der Waals surface area (Å²) in [4.78, 5) is 10.9. The molecule has 15 heavy (non-hydrogen) atoms. The van der Waals surface area contributed by atoms with E-state index in [0.29, 0.717) is 0 Å². The fourth-order valence-electron chi connectivity index (χ4n) is 1.27. The predicted octanol–water partition coefficient (Wildman–Crippen LogP) is 1.67. The molecule has 0 saturated carbocycles. The second-order valence-corrected chi connectivity index (χ2v) is 3.46. The van der Waals surface area contributed by atoms with Gasteiger partial charge in [-0.15, -0.1) is 0 Å². The van der Waals surface area contributed by atoms with Crippen molar-refractivity contribution in [1.29, 1.82) is 0 Å². The first-order valence-electron chi connectivity index (χ1n) is 4.65. The Morgan fingerprint density at radius 3 is 2.67 bits per heavy atom. The monoisotopic (exact) mass is 206 g/mol. The second-order valence-electron chi connectivity index (χ2n) is 3.46. The molecule has 1 unspecified atom stereocenters. The first-order valence-corrected chi connectivity index (χ1v) is 4.65. The summed E-state index contributed by atoms with van der Waals surface area (Å²) in [6.07, 6.45) is 1.28. The van der Waals surface area contributed by atoms with Crippen molar-refractivity contribution in [1.82, 2.24) is 0 Å². The van der Waals surface area contributed by atoms with Gasteiger partial charge in [-0.1, -0.05) is 36.9 Å². The van der Waals surface area contributed by atoms with Crippen molar-refractivity contribution in [2.24, 2.45) is 0 Å². The summed E-state index contributed by atoms with van der Waals surface area (Å²) in [5, 5.41) is 9.78. The molecule has 0 bridgehead atoms. The van der Waals surface area contributed by atoms with Crippen LogP contribution >= 0.6 is 0 Å². The summed E-state index contributed by atoms with van der Waals surface area (Å²) in [5.74, 6) is -2.12. The molecule has 0 aromatic heterocycles. The van der Waals surface area contributed by atoms with Crippen molar-refractivity contribution in [3.63, 3.8) is 0 Å². The molecule has 1 aromatic rings. The third-order valence-corrected chi connectivity index (χ3v) is 1.86. The maximum absolute atomic E-state index is 10.9. The zero-order valence-corrected chi connectivity index (χ0v) is 8.64. The Kier molecular flexibility index (Phi) is 3.63. The van der Waals surface area contributed by atoms with E-state index in [2.05, 4.69) is 6.58 Å². The summed E-state index contributed by atoms with van der Waals surface area (Å²) in [6.45, 7) is 4.71. The third kappa shape index (κ3) is 3.95. The second kappa shape index (κ2) is 4.75. The molecule has 0 amide bonds. The van der Waals surface area contributed by atoms with Crippen LogP contribution in [0.3, 0.4) is 0 Å². The lowest BCUT2D eigenvalue weighted by atomic mass is 10.1. The van der Waals surface area contributed by atoms with Gasteiger partial charge in [0.2, 0.25) is 5.79 Å². The molecule has 0 aliphatic rings. The lowest BCUT2D eigenvalue weighted by Crippen LogP contribution is -2.33. The highest BCUT2D eigenvalue weighted by Gasteiger charge is 2.24. The predicted molar refractivity (Wildman–Crippen MR) is 57.1 cm³/mol. The van der Waals surface area contributed by atoms with E-state index in [9.17, 15) is 9.90 Å². The van der Waals surface area contributed by atoms with Crippen molar-refractivity contribution < 1.29 is 14.6 Å². The van der Waals surface area contributed by atoms with Crippen LogP contribution in [0.15, 0.2) is 43.0 Å². The van der Waals surface area contributed by atoms with Crippen LogP contribution in [-0.2, 0) is 16.0 Å². The number of hydrogen-bond acceptors (Lipinski definition) is 3. The normalized spacial score (nSPS) is 14.0. The average molecular weight is 206 g/mol. The molecular formula is C12H14O3. The third-order valence-electron chi connectivity index (χ3n) is 1.86. The van der Waals surface area contributed by atoms with E-state index in [1.54, 1.807) is 0 Å². The smallest absolute Gasteiger partial charge is 0.332 e. The molecule has 0 heterocycles. The lowest BCUT2D eigenvalue weighted by molar-refractivity contribution is -0.195. The average Bonchev–Trinajstić information content (AvgIpc) is 2.17. The fraction of sp³-hybridized carbons (Fsp3) is 0.250. The molecule has 1 N–H and O–H groups in total. The molecule has 0 spiro atoms. The van der Waals surface area contributed by atoms with E-state index in [1.165, 1.54) is 6.92 Å². The van der Waals surface area contributed by atoms with Crippen LogP contribution in [0.4, 0.5) is 0 Å².